The second-order valence-electron chi connectivity index (χ2n) is 5.21. The molecular formula is C14H14BrClN4O. The fourth-order valence-electron chi connectivity index (χ4n) is 2.14. The third-order valence-electron chi connectivity index (χ3n) is 3.53. The van der Waals surface area contributed by atoms with E-state index in [0.717, 1.165) is 28.6 Å². The molecule has 21 heavy (non-hydrogen) atoms. The summed E-state index contributed by atoms with van der Waals surface area (Å²) in [5.74, 6) is 0.0656. The highest BCUT2D eigenvalue weighted by molar-refractivity contribution is 9.10. The van der Waals surface area contributed by atoms with E-state index in [9.17, 15) is 4.79 Å². The number of aromatic amines is 1. The van der Waals surface area contributed by atoms with Crippen molar-refractivity contribution in [3.8, 4) is 0 Å². The van der Waals surface area contributed by atoms with Crippen LogP contribution in [0.1, 0.15) is 40.5 Å². The molecule has 2 aromatic rings. The van der Waals surface area contributed by atoms with Crippen LogP contribution in [0.5, 0.6) is 0 Å². The normalized spacial score (nSPS) is 14.2. The minimum atomic E-state index is -0.351. The van der Waals surface area contributed by atoms with Gasteiger partial charge in [-0.25, -0.2) is 0 Å². The molecule has 1 amide bonds. The van der Waals surface area contributed by atoms with E-state index in [2.05, 4.69) is 31.4 Å². The average Bonchev–Trinajstić information content (AvgIpc) is 3.19. The number of nitrogens with zero attached hydrogens (tertiary/aromatic N) is 1. The topological polar surface area (TPSA) is 83.8 Å². The van der Waals surface area contributed by atoms with E-state index in [0.29, 0.717) is 22.3 Å². The fraction of sp³-hybridized carbons (Fsp3) is 0.286. The molecule has 5 nitrogen and oxygen atoms in total. The Hall–Kier alpha value is -1.53. The van der Waals surface area contributed by atoms with Crippen molar-refractivity contribution in [2.24, 2.45) is 0 Å². The number of anilines is 2. The maximum absolute atomic E-state index is 12.3. The van der Waals surface area contributed by atoms with Crippen LogP contribution < -0.4 is 11.1 Å². The summed E-state index contributed by atoms with van der Waals surface area (Å²) in [6.45, 7) is 1.90. The SMILES string of the molecule is Cc1cc(Br)c(NC(=O)c2n[nH]c(C3CC3)c2N)cc1Cl. The highest BCUT2D eigenvalue weighted by atomic mass is 79.9. The molecular weight excluding hydrogens is 356 g/mol. The number of hydrogen-bond acceptors (Lipinski definition) is 3. The van der Waals surface area contributed by atoms with Gasteiger partial charge in [-0.3, -0.25) is 9.89 Å². The number of nitrogens with two attached hydrogens (primary N) is 1. The van der Waals surface area contributed by atoms with Crippen molar-refractivity contribution in [2.75, 3.05) is 11.1 Å². The molecule has 1 aliphatic rings. The van der Waals surface area contributed by atoms with E-state index >= 15 is 0 Å². The Morgan fingerprint density at radius 2 is 2.24 bits per heavy atom. The first-order valence-electron chi connectivity index (χ1n) is 6.58. The Balaban J connectivity index is 1.85. The van der Waals surface area contributed by atoms with Crippen molar-refractivity contribution in [3.05, 3.63) is 38.6 Å². The largest absolute Gasteiger partial charge is 0.395 e. The van der Waals surface area contributed by atoms with Gasteiger partial charge in [-0.15, -0.1) is 0 Å². The lowest BCUT2D eigenvalue weighted by molar-refractivity contribution is 0.102. The van der Waals surface area contributed by atoms with Crippen molar-refractivity contribution in [3.63, 3.8) is 0 Å². The maximum atomic E-state index is 12.3. The van der Waals surface area contributed by atoms with Crippen LogP contribution in [-0.2, 0) is 0 Å². The van der Waals surface area contributed by atoms with Crippen molar-refractivity contribution in [1.29, 1.82) is 0 Å². The summed E-state index contributed by atoms with van der Waals surface area (Å²) in [5, 5.41) is 10.3. The maximum Gasteiger partial charge on any atom is 0.278 e. The van der Waals surface area contributed by atoms with Gasteiger partial charge >= 0.3 is 0 Å². The van der Waals surface area contributed by atoms with Gasteiger partial charge in [-0.1, -0.05) is 11.6 Å². The number of nitrogens with one attached hydrogen (secondary N) is 2. The monoisotopic (exact) mass is 368 g/mol. The summed E-state index contributed by atoms with van der Waals surface area (Å²) in [4.78, 5) is 12.3. The van der Waals surface area contributed by atoms with Crippen LogP contribution in [0.2, 0.25) is 5.02 Å². The number of aryl methyl sites for hydroxylation is 1. The molecule has 0 radical (unpaired) electrons. The molecule has 1 fully saturated rings. The number of halogens is 2. The zero-order valence-corrected chi connectivity index (χ0v) is 13.7. The summed E-state index contributed by atoms with van der Waals surface area (Å²) in [5.41, 5.74) is 9.03. The van der Waals surface area contributed by atoms with Gasteiger partial charge in [0.1, 0.15) is 0 Å². The minimum absolute atomic E-state index is 0.223. The molecule has 3 rings (SSSR count). The molecule has 1 heterocycles. The zero-order valence-electron chi connectivity index (χ0n) is 11.3. The number of carbonyl (C=O) groups is 1. The summed E-state index contributed by atoms with van der Waals surface area (Å²) in [6, 6.07) is 3.55. The zero-order chi connectivity index (χ0) is 15.1. The number of amides is 1. The van der Waals surface area contributed by atoms with Crippen LogP contribution in [0.3, 0.4) is 0 Å². The van der Waals surface area contributed by atoms with Gasteiger partial charge in [0, 0.05) is 15.4 Å². The number of benzene rings is 1. The summed E-state index contributed by atoms with van der Waals surface area (Å²) in [7, 11) is 0. The first-order chi connectivity index (χ1) is 9.97. The van der Waals surface area contributed by atoms with Gasteiger partial charge < -0.3 is 11.1 Å². The van der Waals surface area contributed by atoms with Crippen LogP contribution in [0.15, 0.2) is 16.6 Å². The first-order valence-corrected chi connectivity index (χ1v) is 7.75. The van der Waals surface area contributed by atoms with Crippen molar-refractivity contribution < 1.29 is 4.79 Å². The molecule has 0 atom stereocenters. The predicted molar refractivity (Wildman–Crippen MR) is 86.8 cm³/mol. The van der Waals surface area contributed by atoms with Gasteiger partial charge in [0.05, 0.1) is 17.1 Å². The number of carbonyl (C=O) groups excluding carboxylic acids is 1. The summed E-state index contributed by atoms with van der Waals surface area (Å²) in [6.07, 6.45) is 2.18. The third-order valence-corrected chi connectivity index (χ3v) is 4.59. The second kappa shape index (κ2) is 5.35. The predicted octanol–water partition coefficient (Wildman–Crippen LogP) is 3.85. The average molecular weight is 370 g/mol. The smallest absolute Gasteiger partial charge is 0.278 e. The highest BCUT2D eigenvalue weighted by Crippen LogP contribution is 2.42. The summed E-state index contributed by atoms with van der Waals surface area (Å²) < 4.78 is 0.759. The van der Waals surface area contributed by atoms with Crippen molar-refractivity contribution >= 4 is 44.8 Å². The second-order valence-corrected chi connectivity index (χ2v) is 6.47. The Morgan fingerprint density at radius 3 is 2.90 bits per heavy atom. The number of rotatable bonds is 3. The standard InChI is InChI=1S/C14H14BrClN4O/c1-6-4-8(15)10(5-9(6)16)18-14(21)13-11(17)12(19-20-13)7-2-3-7/h4-5,7H,2-3,17H2,1H3,(H,18,21)(H,19,20). The fourth-order valence-corrected chi connectivity index (χ4v) is 2.86. The lowest BCUT2D eigenvalue weighted by Gasteiger charge is -2.09. The van der Waals surface area contributed by atoms with E-state index < -0.39 is 0 Å². The van der Waals surface area contributed by atoms with E-state index in [-0.39, 0.29) is 11.6 Å². The van der Waals surface area contributed by atoms with E-state index in [1.165, 1.54) is 0 Å². The Labute approximate surface area is 135 Å². The minimum Gasteiger partial charge on any atom is -0.395 e. The van der Waals surface area contributed by atoms with Crippen LogP contribution in [0.4, 0.5) is 11.4 Å². The third kappa shape index (κ3) is 2.78. The Bertz CT molecular complexity index is 724. The molecule has 1 aromatic heterocycles. The van der Waals surface area contributed by atoms with E-state index in [1.54, 1.807) is 6.07 Å². The molecule has 1 aromatic carbocycles. The van der Waals surface area contributed by atoms with Gasteiger partial charge in [0.2, 0.25) is 0 Å². The first kappa shape index (κ1) is 14.4. The quantitative estimate of drug-likeness (QED) is 0.768. The molecule has 110 valence electrons. The molecule has 7 heteroatoms. The molecule has 4 N–H and O–H groups in total. The molecule has 0 unspecified atom stereocenters. The summed E-state index contributed by atoms with van der Waals surface area (Å²) >= 11 is 9.49. The van der Waals surface area contributed by atoms with Crippen molar-refractivity contribution in [2.45, 2.75) is 25.7 Å². The Morgan fingerprint density at radius 1 is 1.52 bits per heavy atom. The highest BCUT2D eigenvalue weighted by Gasteiger charge is 2.30. The van der Waals surface area contributed by atoms with E-state index in [4.69, 9.17) is 17.3 Å². The van der Waals surface area contributed by atoms with Gasteiger partial charge in [0.15, 0.2) is 5.69 Å². The molecule has 0 bridgehead atoms. The lowest BCUT2D eigenvalue weighted by atomic mass is 10.2. The van der Waals surface area contributed by atoms with Crippen molar-refractivity contribution in [1.82, 2.24) is 10.2 Å². The van der Waals surface area contributed by atoms with Gasteiger partial charge in [-0.05, 0) is 53.4 Å². The number of nitrogen functional groups attached to an aromatic ring is 1. The van der Waals surface area contributed by atoms with Crippen LogP contribution >= 0.6 is 27.5 Å². The number of aromatic nitrogens is 2. The van der Waals surface area contributed by atoms with Gasteiger partial charge in [0.25, 0.3) is 5.91 Å². The molecule has 1 aliphatic carbocycles. The molecule has 0 aliphatic heterocycles. The Kier molecular flexibility index (Phi) is 3.67. The van der Waals surface area contributed by atoms with Crippen LogP contribution in [-0.4, -0.2) is 16.1 Å². The lowest BCUT2D eigenvalue weighted by Crippen LogP contribution is -2.14. The molecule has 1 saturated carbocycles. The molecule has 0 saturated heterocycles. The van der Waals surface area contributed by atoms with Crippen LogP contribution in [0, 0.1) is 6.92 Å². The number of H-pyrrole nitrogens is 1. The van der Waals surface area contributed by atoms with E-state index in [1.807, 2.05) is 13.0 Å². The molecule has 0 spiro atoms. The van der Waals surface area contributed by atoms with Crippen LogP contribution in [0.25, 0.3) is 0 Å². The van der Waals surface area contributed by atoms with Gasteiger partial charge in [-0.2, -0.15) is 5.10 Å². The number of hydrogen-bond donors (Lipinski definition) is 3.